The Morgan fingerprint density at radius 3 is 2.44 bits per heavy atom. The lowest BCUT2D eigenvalue weighted by molar-refractivity contribution is -0.118. The van der Waals surface area contributed by atoms with Crippen LogP contribution < -0.4 is 11.1 Å². The maximum Gasteiger partial charge on any atom is 0.244 e. The summed E-state index contributed by atoms with van der Waals surface area (Å²) in [6.45, 7) is 0. The van der Waals surface area contributed by atoms with Gasteiger partial charge in [0.25, 0.3) is 0 Å². The van der Waals surface area contributed by atoms with E-state index < -0.39 is 11.9 Å². The zero-order valence-electron chi connectivity index (χ0n) is 9.64. The van der Waals surface area contributed by atoms with Gasteiger partial charge in [-0.05, 0) is 23.8 Å². The molecule has 3 N–H and O–H groups in total. The van der Waals surface area contributed by atoms with Crippen LogP contribution in [-0.2, 0) is 4.79 Å². The van der Waals surface area contributed by atoms with E-state index in [1.807, 2.05) is 54.6 Å². The molecule has 0 aliphatic rings. The Balaban J connectivity index is 2.25. The van der Waals surface area contributed by atoms with E-state index in [0.717, 1.165) is 15.7 Å². The van der Waals surface area contributed by atoms with Gasteiger partial charge in [-0.15, -0.1) is 0 Å². The van der Waals surface area contributed by atoms with Crippen LogP contribution in [0.4, 0.5) is 5.69 Å². The van der Waals surface area contributed by atoms with Crippen LogP contribution in [0.1, 0.15) is 11.6 Å². The highest BCUT2D eigenvalue weighted by molar-refractivity contribution is 9.10. The van der Waals surface area contributed by atoms with Gasteiger partial charge in [-0.3, -0.25) is 4.79 Å². The number of benzene rings is 2. The summed E-state index contributed by atoms with van der Waals surface area (Å²) < 4.78 is 0.948. The van der Waals surface area contributed by atoms with E-state index in [1.165, 1.54) is 0 Å². The molecule has 0 fully saturated rings. The van der Waals surface area contributed by atoms with Crippen LogP contribution in [0.15, 0.2) is 59.1 Å². The first-order valence-electron chi connectivity index (χ1n) is 5.53. The van der Waals surface area contributed by atoms with Gasteiger partial charge in [0, 0.05) is 10.2 Å². The molecule has 1 amide bonds. The number of rotatable bonds is 4. The highest BCUT2D eigenvalue weighted by atomic mass is 79.9. The van der Waals surface area contributed by atoms with Crippen molar-refractivity contribution in [1.29, 1.82) is 0 Å². The Morgan fingerprint density at radius 1 is 1.11 bits per heavy atom. The molecule has 2 aromatic carbocycles. The summed E-state index contributed by atoms with van der Waals surface area (Å²) in [7, 11) is 0. The Hall–Kier alpha value is -1.81. The van der Waals surface area contributed by atoms with Gasteiger partial charge in [0.05, 0.1) is 0 Å². The molecule has 0 saturated heterocycles. The van der Waals surface area contributed by atoms with Gasteiger partial charge in [0.1, 0.15) is 6.04 Å². The average molecular weight is 305 g/mol. The Morgan fingerprint density at radius 2 is 1.83 bits per heavy atom. The van der Waals surface area contributed by atoms with Gasteiger partial charge in [-0.1, -0.05) is 52.3 Å². The number of carbonyl (C=O) groups excluding carboxylic acids is 1. The molecule has 0 radical (unpaired) electrons. The first kappa shape index (κ1) is 12.6. The normalized spacial score (nSPS) is 11.8. The summed E-state index contributed by atoms with van der Waals surface area (Å²) in [5.74, 6) is -0.402. The number of hydrogen-bond donors (Lipinski definition) is 2. The number of anilines is 1. The van der Waals surface area contributed by atoms with Crippen LogP contribution in [0.25, 0.3) is 0 Å². The van der Waals surface area contributed by atoms with Gasteiger partial charge >= 0.3 is 0 Å². The minimum Gasteiger partial charge on any atom is -0.370 e. The zero-order valence-corrected chi connectivity index (χ0v) is 11.2. The Bertz CT molecular complexity index is 543. The smallest absolute Gasteiger partial charge is 0.244 e. The third-order valence-corrected chi connectivity index (χ3v) is 3.05. The van der Waals surface area contributed by atoms with Crippen LogP contribution >= 0.6 is 15.9 Å². The van der Waals surface area contributed by atoms with E-state index in [4.69, 9.17) is 5.73 Å². The SMILES string of the molecule is NC(=O)[C@@H](Nc1cccc(Br)c1)c1ccccc1. The fourth-order valence-corrected chi connectivity index (χ4v) is 2.11. The minimum atomic E-state index is -0.527. The molecular weight excluding hydrogens is 292 g/mol. The van der Waals surface area contributed by atoms with Crippen molar-refractivity contribution in [3.63, 3.8) is 0 Å². The molecule has 0 unspecified atom stereocenters. The fraction of sp³-hybridized carbons (Fsp3) is 0.0714. The third kappa shape index (κ3) is 3.11. The molecule has 0 heterocycles. The van der Waals surface area contributed by atoms with E-state index in [-0.39, 0.29) is 0 Å². The second-order valence-corrected chi connectivity index (χ2v) is 4.82. The van der Waals surface area contributed by atoms with Crippen LogP contribution in [0, 0.1) is 0 Å². The molecule has 0 aliphatic heterocycles. The van der Waals surface area contributed by atoms with Crippen LogP contribution in [0.2, 0.25) is 0 Å². The molecule has 0 aromatic heterocycles. The predicted molar refractivity (Wildman–Crippen MR) is 76.1 cm³/mol. The molecule has 18 heavy (non-hydrogen) atoms. The fourth-order valence-electron chi connectivity index (χ4n) is 1.71. The highest BCUT2D eigenvalue weighted by Gasteiger charge is 2.16. The number of halogens is 1. The van der Waals surface area contributed by atoms with Gasteiger partial charge in [0.2, 0.25) is 5.91 Å². The standard InChI is InChI=1S/C14H13BrN2O/c15-11-7-4-8-12(9-11)17-13(14(16)18)10-5-2-1-3-6-10/h1-9,13,17H,(H2,16,18)/t13-/m0/s1. The number of primary amides is 1. The summed E-state index contributed by atoms with van der Waals surface area (Å²) in [6.07, 6.45) is 0. The van der Waals surface area contributed by atoms with Crippen molar-refractivity contribution in [3.8, 4) is 0 Å². The molecule has 2 aromatic rings. The number of carbonyl (C=O) groups is 1. The molecule has 0 saturated carbocycles. The molecule has 0 spiro atoms. The molecule has 0 bridgehead atoms. The van der Waals surface area contributed by atoms with Crippen molar-refractivity contribution in [2.75, 3.05) is 5.32 Å². The monoisotopic (exact) mass is 304 g/mol. The molecule has 3 nitrogen and oxygen atoms in total. The third-order valence-electron chi connectivity index (χ3n) is 2.55. The maximum absolute atomic E-state index is 11.5. The molecule has 4 heteroatoms. The number of nitrogens with one attached hydrogen (secondary N) is 1. The van der Waals surface area contributed by atoms with Gasteiger partial charge < -0.3 is 11.1 Å². The van der Waals surface area contributed by atoms with Crippen LogP contribution in [0.5, 0.6) is 0 Å². The lowest BCUT2D eigenvalue weighted by Crippen LogP contribution is -2.27. The summed E-state index contributed by atoms with van der Waals surface area (Å²) in [6, 6.07) is 16.5. The summed E-state index contributed by atoms with van der Waals surface area (Å²) >= 11 is 3.39. The van der Waals surface area contributed by atoms with E-state index in [0.29, 0.717) is 0 Å². The van der Waals surface area contributed by atoms with E-state index in [1.54, 1.807) is 0 Å². The first-order chi connectivity index (χ1) is 8.66. The van der Waals surface area contributed by atoms with Gasteiger partial charge in [-0.25, -0.2) is 0 Å². The second-order valence-electron chi connectivity index (χ2n) is 3.90. The van der Waals surface area contributed by atoms with E-state index in [2.05, 4.69) is 21.2 Å². The summed E-state index contributed by atoms with van der Waals surface area (Å²) in [4.78, 5) is 11.5. The maximum atomic E-state index is 11.5. The second kappa shape index (κ2) is 5.69. The van der Waals surface area contributed by atoms with Crippen LogP contribution in [0.3, 0.4) is 0 Å². The number of hydrogen-bond acceptors (Lipinski definition) is 2. The molecule has 92 valence electrons. The Labute approximate surface area is 114 Å². The van der Waals surface area contributed by atoms with Gasteiger partial charge in [0.15, 0.2) is 0 Å². The largest absolute Gasteiger partial charge is 0.370 e. The van der Waals surface area contributed by atoms with Crippen LogP contribution in [-0.4, -0.2) is 5.91 Å². The minimum absolute atomic E-state index is 0.402. The average Bonchev–Trinajstić information content (AvgIpc) is 2.37. The quantitative estimate of drug-likeness (QED) is 0.912. The zero-order chi connectivity index (χ0) is 13.0. The Kier molecular flexibility index (Phi) is 3.99. The van der Waals surface area contributed by atoms with E-state index >= 15 is 0 Å². The topological polar surface area (TPSA) is 55.1 Å². The highest BCUT2D eigenvalue weighted by Crippen LogP contribution is 2.22. The van der Waals surface area contributed by atoms with E-state index in [9.17, 15) is 4.79 Å². The molecule has 2 rings (SSSR count). The lowest BCUT2D eigenvalue weighted by atomic mass is 10.1. The lowest BCUT2D eigenvalue weighted by Gasteiger charge is -2.17. The van der Waals surface area contributed by atoms with Crippen molar-refractivity contribution < 1.29 is 4.79 Å². The van der Waals surface area contributed by atoms with Crippen molar-refractivity contribution in [2.45, 2.75) is 6.04 Å². The molecular formula is C14H13BrN2O. The molecule has 1 atom stereocenters. The number of amides is 1. The van der Waals surface area contributed by atoms with Crippen molar-refractivity contribution in [1.82, 2.24) is 0 Å². The first-order valence-corrected chi connectivity index (χ1v) is 6.32. The molecule has 0 aliphatic carbocycles. The summed E-state index contributed by atoms with van der Waals surface area (Å²) in [5, 5.41) is 3.13. The van der Waals surface area contributed by atoms with Gasteiger partial charge in [-0.2, -0.15) is 0 Å². The van der Waals surface area contributed by atoms with Crippen molar-refractivity contribution >= 4 is 27.5 Å². The predicted octanol–water partition coefficient (Wildman–Crippen LogP) is 3.09. The van der Waals surface area contributed by atoms with Crippen molar-refractivity contribution in [2.24, 2.45) is 5.73 Å². The van der Waals surface area contributed by atoms with Crippen molar-refractivity contribution in [3.05, 3.63) is 64.6 Å². The summed E-state index contributed by atoms with van der Waals surface area (Å²) in [5.41, 5.74) is 7.14. The number of nitrogens with two attached hydrogens (primary N) is 1.